The van der Waals surface area contributed by atoms with Gasteiger partial charge in [0, 0.05) is 25.5 Å². The maximum absolute atomic E-state index is 13.0. The number of amides is 1. The summed E-state index contributed by atoms with van der Waals surface area (Å²) in [4.78, 5) is 24.6. The van der Waals surface area contributed by atoms with Crippen LogP contribution in [0.15, 0.2) is 36.2 Å². The van der Waals surface area contributed by atoms with Gasteiger partial charge in [0.25, 0.3) is 0 Å². The number of fused-ring (bicyclic) bond motifs is 1. The Hall–Kier alpha value is -2.83. The minimum absolute atomic E-state index is 0.162. The van der Waals surface area contributed by atoms with Crippen LogP contribution in [0, 0.1) is 6.92 Å². The van der Waals surface area contributed by atoms with Crippen molar-refractivity contribution in [2.75, 3.05) is 18.8 Å². The molecule has 0 saturated carbocycles. The Bertz CT molecular complexity index is 1190. The van der Waals surface area contributed by atoms with Gasteiger partial charge < -0.3 is 15.2 Å². The van der Waals surface area contributed by atoms with Crippen molar-refractivity contribution in [3.05, 3.63) is 47.4 Å². The molecule has 1 saturated heterocycles. The van der Waals surface area contributed by atoms with Crippen LogP contribution in [0.3, 0.4) is 0 Å². The number of carboxylic acid groups (broad SMARTS) is 1. The molecular weight excluding hydrogens is 454 g/mol. The quantitative estimate of drug-likeness (QED) is 0.530. The number of aromatic nitrogens is 3. The number of carbonyl (C=O) groups is 1. The van der Waals surface area contributed by atoms with Gasteiger partial charge in [-0.05, 0) is 42.3 Å². The highest BCUT2D eigenvalue weighted by molar-refractivity contribution is 7.89. The summed E-state index contributed by atoms with van der Waals surface area (Å²) in [6, 6.07) is 2.38. The largest absolute Gasteiger partial charge is 0.474 e. The topological polar surface area (TPSA) is 135 Å². The van der Waals surface area contributed by atoms with Crippen LogP contribution in [-0.2, 0) is 10.0 Å². The third-order valence-electron chi connectivity index (χ3n) is 5.35. The van der Waals surface area contributed by atoms with Crippen LogP contribution in [0.2, 0.25) is 0 Å². The minimum atomic E-state index is -3.70. The first-order chi connectivity index (χ1) is 15.3. The molecule has 1 atom stereocenters. The van der Waals surface area contributed by atoms with Gasteiger partial charge in [0.2, 0.25) is 15.9 Å². The molecule has 0 aliphatic carbocycles. The van der Waals surface area contributed by atoms with Gasteiger partial charge in [0.15, 0.2) is 0 Å². The maximum atomic E-state index is 13.0. The summed E-state index contributed by atoms with van der Waals surface area (Å²) < 4.78 is 33.5. The van der Waals surface area contributed by atoms with Crippen molar-refractivity contribution < 1.29 is 23.1 Å². The van der Waals surface area contributed by atoms with Gasteiger partial charge in [-0.15, -0.1) is 11.3 Å². The smallest absolute Gasteiger partial charge is 0.405 e. The third-order valence-corrected chi connectivity index (χ3v) is 8.26. The van der Waals surface area contributed by atoms with E-state index in [0.717, 1.165) is 15.8 Å². The number of hydrogen-bond acceptors (Lipinski definition) is 8. The number of pyridine rings is 1. The van der Waals surface area contributed by atoms with E-state index >= 15 is 0 Å². The van der Waals surface area contributed by atoms with Gasteiger partial charge in [-0.25, -0.2) is 27.5 Å². The van der Waals surface area contributed by atoms with Crippen molar-refractivity contribution in [1.29, 1.82) is 0 Å². The van der Waals surface area contributed by atoms with Crippen LogP contribution in [0.1, 0.15) is 30.0 Å². The normalized spacial score (nSPS) is 16.7. The molecule has 1 aliphatic rings. The van der Waals surface area contributed by atoms with Crippen molar-refractivity contribution in [2.45, 2.75) is 31.9 Å². The first-order valence-corrected chi connectivity index (χ1v) is 12.5. The molecule has 4 rings (SSSR count). The second-order valence-corrected chi connectivity index (χ2v) is 10.4. The Kier molecular flexibility index (Phi) is 6.53. The number of hydrogen-bond donors (Lipinski definition) is 2. The van der Waals surface area contributed by atoms with Crippen LogP contribution in [0.4, 0.5) is 4.79 Å². The fourth-order valence-corrected chi connectivity index (χ4v) is 6.28. The summed E-state index contributed by atoms with van der Waals surface area (Å²) >= 11 is 1.53. The second-order valence-electron chi connectivity index (χ2n) is 7.56. The average molecular weight is 478 g/mol. The van der Waals surface area contributed by atoms with E-state index < -0.39 is 22.2 Å². The second kappa shape index (κ2) is 9.35. The first-order valence-electron chi connectivity index (χ1n) is 10.1. The number of piperidine rings is 1. The molecule has 0 aromatic carbocycles. The lowest BCUT2D eigenvalue weighted by Gasteiger charge is -2.32. The SMILES string of the molecule is Cc1csc2ncnc(OC3CCN(S(=O)(=O)CC(NC(=O)O)c4cccnc4)CC3)c12. The molecule has 1 fully saturated rings. The van der Waals surface area contributed by atoms with E-state index in [4.69, 9.17) is 9.84 Å². The molecule has 32 heavy (non-hydrogen) atoms. The Labute approximate surface area is 189 Å². The Morgan fingerprint density at radius 1 is 1.38 bits per heavy atom. The number of sulfonamides is 1. The summed E-state index contributed by atoms with van der Waals surface area (Å²) in [6.07, 6.45) is 4.05. The predicted molar refractivity (Wildman–Crippen MR) is 119 cm³/mol. The van der Waals surface area contributed by atoms with E-state index in [1.807, 2.05) is 12.3 Å². The number of nitrogens with one attached hydrogen (secondary N) is 1. The van der Waals surface area contributed by atoms with E-state index in [1.54, 1.807) is 18.3 Å². The lowest BCUT2D eigenvalue weighted by molar-refractivity contribution is 0.131. The summed E-state index contributed by atoms with van der Waals surface area (Å²) in [5, 5.41) is 14.3. The van der Waals surface area contributed by atoms with Gasteiger partial charge in [0.05, 0.1) is 17.2 Å². The van der Waals surface area contributed by atoms with Crippen molar-refractivity contribution in [2.24, 2.45) is 0 Å². The van der Waals surface area contributed by atoms with Gasteiger partial charge in [-0.2, -0.15) is 0 Å². The molecule has 12 heteroatoms. The average Bonchev–Trinajstić information content (AvgIpc) is 3.16. The molecule has 2 N–H and O–H groups in total. The van der Waals surface area contributed by atoms with Gasteiger partial charge in [-0.3, -0.25) is 4.98 Å². The molecule has 0 spiro atoms. The van der Waals surface area contributed by atoms with Crippen LogP contribution in [-0.4, -0.2) is 63.8 Å². The highest BCUT2D eigenvalue weighted by Gasteiger charge is 2.32. The zero-order valence-electron chi connectivity index (χ0n) is 17.3. The van der Waals surface area contributed by atoms with E-state index in [0.29, 0.717) is 24.3 Å². The highest BCUT2D eigenvalue weighted by Crippen LogP contribution is 2.31. The van der Waals surface area contributed by atoms with Crippen molar-refractivity contribution in [1.82, 2.24) is 24.6 Å². The molecule has 10 nitrogen and oxygen atoms in total. The van der Waals surface area contributed by atoms with Crippen LogP contribution in [0.25, 0.3) is 10.2 Å². The van der Waals surface area contributed by atoms with E-state index in [2.05, 4.69) is 20.3 Å². The Balaban J connectivity index is 1.41. The number of ether oxygens (including phenoxy) is 1. The summed E-state index contributed by atoms with van der Waals surface area (Å²) in [6.45, 7) is 2.56. The van der Waals surface area contributed by atoms with Crippen molar-refractivity contribution in [3.63, 3.8) is 0 Å². The van der Waals surface area contributed by atoms with Crippen molar-refractivity contribution in [3.8, 4) is 5.88 Å². The molecule has 3 aromatic rings. The minimum Gasteiger partial charge on any atom is -0.474 e. The summed E-state index contributed by atoms with van der Waals surface area (Å²) in [5.41, 5.74) is 1.54. The third kappa shape index (κ3) is 4.97. The maximum Gasteiger partial charge on any atom is 0.405 e. The fourth-order valence-electron chi connectivity index (χ4n) is 3.73. The monoisotopic (exact) mass is 477 g/mol. The highest BCUT2D eigenvalue weighted by atomic mass is 32.2. The lowest BCUT2D eigenvalue weighted by atomic mass is 10.1. The first kappa shape index (κ1) is 22.4. The van der Waals surface area contributed by atoms with Crippen LogP contribution in [0.5, 0.6) is 5.88 Å². The molecule has 1 amide bonds. The molecule has 0 radical (unpaired) electrons. The summed E-state index contributed by atoms with van der Waals surface area (Å²) in [5.74, 6) is 0.148. The van der Waals surface area contributed by atoms with E-state index in [9.17, 15) is 13.2 Å². The fraction of sp³-hybridized carbons (Fsp3) is 0.400. The number of thiophene rings is 1. The Morgan fingerprint density at radius 2 is 2.16 bits per heavy atom. The molecule has 3 aromatic heterocycles. The number of rotatable bonds is 7. The zero-order chi connectivity index (χ0) is 22.7. The van der Waals surface area contributed by atoms with Crippen LogP contribution >= 0.6 is 11.3 Å². The van der Waals surface area contributed by atoms with E-state index in [1.165, 1.54) is 28.2 Å². The molecule has 1 aliphatic heterocycles. The molecule has 1 unspecified atom stereocenters. The van der Waals surface area contributed by atoms with Gasteiger partial charge >= 0.3 is 6.09 Å². The zero-order valence-corrected chi connectivity index (χ0v) is 19.0. The molecular formula is C20H23N5O5S2. The molecule has 0 bridgehead atoms. The lowest BCUT2D eigenvalue weighted by Crippen LogP contribution is -2.45. The van der Waals surface area contributed by atoms with Gasteiger partial charge in [-0.1, -0.05) is 6.07 Å². The predicted octanol–water partition coefficient (Wildman–Crippen LogP) is 2.58. The molecule has 4 heterocycles. The molecule has 170 valence electrons. The van der Waals surface area contributed by atoms with Gasteiger partial charge in [0.1, 0.15) is 17.3 Å². The Morgan fingerprint density at radius 3 is 2.84 bits per heavy atom. The number of nitrogens with zero attached hydrogens (tertiary/aromatic N) is 4. The van der Waals surface area contributed by atoms with Crippen LogP contribution < -0.4 is 10.1 Å². The van der Waals surface area contributed by atoms with E-state index in [-0.39, 0.29) is 24.9 Å². The number of aryl methyl sites for hydroxylation is 1. The van der Waals surface area contributed by atoms with Crippen molar-refractivity contribution >= 4 is 37.7 Å². The summed E-state index contributed by atoms with van der Waals surface area (Å²) in [7, 11) is -3.70. The standard InChI is InChI=1S/C20H23N5O5S2/c1-13-10-31-19-17(13)18(22-12-23-19)30-15-4-7-25(8-5-15)32(28,29)11-16(24-20(26)27)14-3-2-6-21-9-14/h2-3,6,9-10,12,15-16,24H,4-5,7-8,11H2,1H3,(H,26,27).